The molecule has 0 aliphatic carbocycles. The molecule has 0 N–H and O–H groups in total. The van der Waals surface area contributed by atoms with Crippen LogP contribution in [0, 0.1) is 19.8 Å². The van der Waals surface area contributed by atoms with Gasteiger partial charge >= 0.3 is 0 Å². The van der Waals surface area contributed by atoms with Crippen LogP contribution in [0.15, 0.2) is 24.5 Å². The van der Waals surface area contributed by atoms with Crippen molar-refractivity contribution in [3.8, 4) is 0 Å². The summed E-state index contributed by atoms with van der Waals surface area (Å²) in [7, 11) is 0. The molecular weight excluding hydrogens is 340 g/mol. The number of amides is 1. The number of carbonyl (C=O) groups excluding carboxylic acids is 1. The van der Waals surface area contributed by atoms with Crippen LogP contribution in [0.3, 0.4) is 0 Å². The van der Waals surface area contributed by atoms with E-state index in [1.807, 2.05) is 17.7 Å². The third-order valence-electron chi connectivity index (χ3n) is 5.73. The average molecular weight is 368 g/mol. The number of nitrogens with zero attached hydrogens (tertiary/aromatic N) is 6. The van der Waals surface area contributed by atoms with E-state index < -0.39 is 0 Å². The number of hydrogen-bond acceptors (Lipinski definition) is 5. The molecule has 2 aromatic heterocycles. The van der Waals surface area contributed by atoms with Crippen LogP contribution >= 0.6 is 0 Å². The molecule has 3 saturated heterocycles. The highest BCUT2D eigenvalue weighted by atomic mass is 16.2. The van der Waals surface area contributed by atoms with Crippen LogP contribution in [0.4, 0.5) is 5.95 Å². The van der Waals surface area contributed by atoms with Crippen molar-refractivity contribution in [2.24, 2.45) is 5.92 Å². The first-order chi connectivity index (χ1) is 13.1. The maximum absolute atomic E-state index is 12.9. The monoisotopic (exact) mass is 368 g/mol. The van der Waals surface area contributed by atoms with E-state index in [1.54, 1.807) is 12.4 Å². The molecule has 7 nitrogen and oxygen atoms in total. The summed E-state index contributed by atoms with van der Waals surface area (Å²) in [6.45, 7) is 7.52. The standard InChI is InChI=1S/C20H28N6O/c1-15-11-16(2)26(23-15)10-3-5-19(27)25-13-17-6-7-18(25)14-24(12-17)20-21-8-4-9-22-20/h4,8-9,11,17-18H,3,5-7,10,12-14H2,1-2H3/t17-,18+/m0/s1. The lowest BCUT2D eigenvalue weighted by Gasteiger charge is -2.36. The predicted molar refractivity (Wildman–Crippen MR) is 103 cm³/mol. The van der Waals surface area contributed by atoms with E-state index in [0.29, 0.717) is 12.3 Å². The van der Waals surface area contributed by atoms with E-state index in [-0.39, 0.29) is 11.9 Å². The van der Waals surface area contributed by atoms with Gasteiger partial charge < -0.3 is 9.80 Å². The van der Waals surface area contributed by atoms with E-state index in [2.05, 4.69) is 37.9 Å². The lowest BCUT2D eigenvalue weighted by Crippen LogP contribution is -2.47. The molecule has 144 valence electrons. The zero-order valence-corrected chi connectivity index (χ0v) is 16.2. The largest absolute Gasteiger partial charge is 0.338 e. The zero-order valence-electron chi connectivity index (χ0n) is 16.2. The van der Waals surface area contributed by atoms with Crippen LogP contribution in [0.5, 0.6) is 0 Å². The molecule has 0 unspecified atom stereocenters. The van der Waals surface area contributed by atoms with Crippen molar-refractivity contribution in [1.82, 2.24) is 24.6 Å². The number of hydrogen-bond donors (Lipinski definition) is 0. The Balaban J connectivity index is 1.36. The van der Waals surface area contributed by atoms with Crippen LogP contribution in [-0.4, -0.2) is 56.2 Å². The van der Waals surface area contributed by atoms with Gasteiger partial charge in [0.2, 0.25) is 11.9 Å². The summed E-state index contributed by atoms with van der Waals surface area (Å²) in [6.07, 6.45) is 7.26. The maximum atomic E-state index is 12.9. The van der Waals surface area contributed by atoms with Crippen LogP contribution in [0.1, 0.15) is 37.1 Å². The molecule has 2 atom stereocenters. The topological polar surface area (TPSA) is 67.2 Å². The van der Waals surface area contributed by atoms with Gasteiger partial charge in [0, 0.05) is 56.7 Å². The summed E-state index contributed by atoms with van der Waals surface area (Å²) in [5.74, 6) is 1.57. The second-order valence-corrected chi connectivity index (χ2v) is 7.85. The van der Waals surface area contributed by atoms with Crippen LogP contribution in [0.25, 0.3) is 0 Å². The fourth-order valence-corrected chi connectivity index (χ4v) is 4.43. The van der Waals surface area contributed by atoms with E-state index >= 15 is 0 Å². The molecule has 0 radical (unpaired) electrons. The third-order valence-corrected chi connectivity index (χ3v) is 5.73. The summed E-state index contributed by atoms with van der Waals surface area (Å²) in [5, 5.41) is 4.49. The Hall–Kier alpha value is -2.44. The van der Waals surface area contributed by atoms with Crippen LogP contribution in [0.2, 0.25) is 0 Å². The minimum atomic E-state index is 0.272. The highest BCUT2D eigenvalue weighted by Crippen LogP contribution is 2.30. The molecule has 3 aliphatic rings. The van der Waals surface area contributed by atoms with Gasteiger partial charge in [0.05, 0.1) is 5.69 Å². The Kier molecular flexibility index (Phi) is 5.09. The van der Waals surface area contributed by atoms with E-state index in [4.69, 9.17) is 0 Å². The lowest BCUT2D eigenvalue weighted by molar-refractivity contribution is -0.135. The highest BCUT2D eigenvalue weighted by molar-refractivity contribution is 5.76. The number of aryl methyl sites for hydroxylation is 3. The van der Waals surface area contributed by atoms with Gasteiger partial charge in [-0.3, -0.25) is 9.48 Å². The van der Waals surface area contributed by atoms with Crippen molar-refractivity contribution in [1.29, 1.82) is 0 Å². The second-order valence-electron chi connectivity index (χ2n) is 7.85. The van der Waals surface area contributed by atoms with Crippen molar-refractivity contribution in [3.05, 3.63) is 35.9 Å². The average Bonchev–Trinajstić information content (AvgIpc) is 2.85. The fraction of sp³-hybridized carbons (Fsp3) is 0.600. The number of aromatic nitrogens is 4. The molecule has 5 heterocycles. The predicted octanol–water partition coefficient (Wildman–Crippen LogP) is 2.20. The summed E-state index contributed by atoms with van der Waals surface area (Å²) < 4.78 is 2.01. The Labute approximate surface area is 160 Å². The van der Waals surface area contributed by atoms with Crippen molar-refractivity contribution < 1.29 is 4.79 Å². The third kappa shape index (κ3) is 3.96. The van der Waals surface area contributed by atoms with Gasteiger partial charge in [-0.05, 0) is 51.2 Å². The summed E-state index contributed by atoms with van der Waals surface area (Å²) in [6, 6.07) is 4.19. The van der Waals surface area contributed by atoms with Gasteiger partial charge in [-0.2, -0.15) is 5.10 Å². The molecule has 7 heteroatoms. The number of carbonyl (C=O) groups is 1. The second kappa shape index (κ2) is 7.66. The van der Waals surface area contributed by atoms with Gasteiger partial charge in [-0.1, -0.05) is 0 Å². The molecule has 0 aromatic carbocycles. The van der Waals surface area contributed by atoms with Crippen molar-refractivity contribution in [2.45, 2.75) is 52.1 Å². The molecule has 3 fully saturated rings. The van der Waals surface area contributed by atoms with Crippen molar-refractivity contribution in [3.63, 3.8) is 0 Å². The Morgan fingerprint density at radius 3 is 2.70 bits per heavy atom. The molecule has 3 aliphatic heterocycles. The smallest absolute Gasteiger partial charge is 0.225 e. The Morgan fingerprint density at radius 1 is 1.15 bits per heavy atom. The number of anilines is 1. The first-order valence-corrected chi connectivity index (χ1v) is 9.92. The van der Waals surface area contributed by atoms with Gasteiger partial charge in [0.25, 0.3) is 0 Å². The molecule has 27 heavy (non-hydrogen) atoms. The molecule has 1 amide bonds. The van der Waals surface area contributed by atoms with Crippen LogP contribution < -0.4 is 4.90 Å². The van der Waals surface area contributed by atoms with Crippen molar-refractivity contribution >= 4 is 11.9 Å². The van der Waals surface area contributed by atoms with Gasteiger partial charge in [0.15, 0.2) is 0 Å². The minimum Gasteiger partial charge on any atom is -0.338 e. The number of piperidine rings is 1. The van der Waals surface area contributed by atoms with Gasteiger partial charge in [0.1, 0.15) is 0 Å². The lowest BCUT2D eigenvalue weighted by atomic mass is 9.94. The quantitative estimate of drug-likeness (QED) is 0.809. The fourth-order valence-electron chi connectivity index (χ4n) is 4.43. The van der Waals surface area contributed by atoms with E-state index in [9.17, 15) is 4.79 Å². The summed E-state index contributed by atoms with van der Waals surface area (Å²) in [5.41, 5.74) is 2.19. The SMILES string of the molecule is Cc1cc(C)n(CCCC(=O)N2C[C@H]3CC[C@@H]2CN(c2ncccn2)C3)n1. The Morgan fingerprint density at radius 2 is 1.96 bits per heavy atom. The molecule has 2 bridgehead atoms. The van der Waals surface area contributed by atoms with Crippen LogP contribution in [-0.2, 0) is 11.3 Å². The van der Waals surface area contributed by atoms with Gasteiger partial charge in [-0.15, -0.1) is 0 Å². The normalized spacial score (nSPS) is 22.1. The summed E-state index contributed by atoms with van der Waals surface area (Å²) >= 11 is 0. The number of fused-ring (bicyclic) bond motifs is 4. The minimum absolute atomic E-state index is 0.272. The van der Waals surface area contributed by atoms with E-state index in [1.165, 1.54) is 6.42 Å². The first kappa shape index (κ1) is 17.9. The molecular formula is C20H28N6O. The Bertz CT molecular complexity index is 789. The molecule has 0 saturated carbocycles. The molecule has 0 spiro atoms. The zero-order chi connectivity index (χ0) is 18.8. The van der Waals surface area contributed by atoms with Gasteiger partial charge in [-0.25, -0.2) is 9.97 Å². The number of rotatable bonds is 5. The maximum Gasteiger partial charge on any atom is 0.225 e. The first-order valence-electron chi connectivity index (χ1n) is 9.92. The molecule has 2 aromatic rings. The van der Waals surface area contributed by atoms with E-state index in [0.717, 1.165) is 56.4 Å². The summed E-state index contributed by atoms with van der Waals surface area (Å²) in [4.78, 5) is 26.1. The molecule has 5 rings (SSSR count). The highest BCUT2D eigenvalue weighted by Gasteiger charge is 2.37. The van der Waals surface area contributed by atoms with Crippen molar-refractivity contribution in [2.75, 3.05) is 24.5 Å².